The van der Waals surface area contributed by atoms with Gasteiger partial charge in [-0.05, 0) is 31.4 Å². The largest absolute Gasteiger partial charge is 0.320 e. The lowest BCUT2D eigenvalue weighted by Crippen LogP contribution is -2.28. The summed E-state index contributed by atoms with van der Waals surface area (Å²) in [5.41, 5.74) is 0.704. The molecule has 0 radical (unpaired) electrons. The fourth-order valence-electron chi connectivity index (χ4n) is 3.24. The zero-order chi connectivity index (χ0) is 19.4. The first-order valence-corrected chi connectivity index (χ1v) is 9.90. The van der Waals surface area contributed by atoms with Crippen LogP contribution < -0.4 is 10.6 Å². The van der Waals surface area contributed by atoms with Gasteiger partial charge in [-0.15, -0.1) is 0 Å². The van der Waals surface area contributed by atoms with Crippen molar-refractivity contribution in [1.29, 1.82) is 0 Å². The van der Waals surface area contributed by atoms with Gasteiger partial charge >= 0.3 is 0 Å². The van der Waals surface area contributed by atoms with Crippen LogP contribution in [0, 0.1) is 17.0 Å². The summed E-state index contributed by atoms with van der Waals surface area (Å²) < 4.78 is 0. The first-order valence-electron chi connectivity index (χ1n) is 9.02. The molecule has 9 heteroatoms. The van der Waals surface area contributed by atoms with Crippen LogP contribution in [0.15, 0.2) is 23.2 Å². The summed E-state index contributed by atoms with van der Waals surface area (Å²) in [6, 6.07) is 4.84. The van der Waals surface area contributed by atoms with Gasteiger partial charge in [0.25, 0.3) is 5.69 Å². The lowest BCUT2D eigenvalue weighted by atomic mass is 9.96. The molecule has 1 heterocycles. The van der Waals surface area contributed by atoms with Crippen LogP contribution in [-0.2, 0) is 9.59 Å². The molecule has 1 saturated carbocycles. The van der Waals surface area contributed by atoms with Gasteiger partial charge < -0.3 is 10.6 Å². The third-order valence-corrected chi connectivity index (χ3v) is 5.74. The highest BCUT2D eigenvalue weighted by Gasteiger charge is 2.33. The van der Waals surface area contributed by atoms with Crippen molar-refractivity contribution in [2.75, 3.05) is 5.32 Å². The summed E-state index contributed by atoms with van der Waals surface area (Å²) in [5, 5.41) is 16.4. The van der Waals surface area contributed by atoms with Crippen LogP contribution >= 0.6 is 11.8 Å². The number of thioether (sulfide) groups is 1. The minimum absolute atomic E-state index is 0.0643. The standard InChI is InChI=1S/C18H22N4O4S/c1-11-7-8-13(14(9-11)22(25)26)20-16(23)10-15-17(24)21-18(27-15)19-12-5-3-2-4-6-12/h7-9,12,15H,2-6,10H2,1H3,(H,20,23)(H,19,21,24)/t15-/m0/s1. The maximum absolute atomic E-state index is 12.3. The maximum Gasteiger partial charge on any atom is 0.293 e. The molecule has 27 heavy (non-hydrogen) atoms. The molecule has 2 fully saturated rings. The smallest absolute Gasteiger partial charge is 0.293 e. The van der Waals surface area contributed by atoms with Crippen LogP contribution in [0.5, 0.6) is 0 Å². The van der Waals surface area contributed by atoms with Gasteiger partial charge in [-0.25, -0.2) is 0 Å². The second kappa shape index (κ2) is 8.51. The van der Waals surface area contributed by atoms with E-state index in [2.05, 4.69) is 15.6 Å². The van der Waals surface area contributed by atoms with E-state index < -0.39 is 16.1 Å². The summed E-state index contributed by atoms with van der Waals surface area (Å²) in [6.07, 6.45) is 5.53. The molecule has 1 aliphatic carbocycles. The predicted octanol–water partition coefficient (Wildman–Crippen LogP) is 3.15. The highest BCUT2D eigenvalue weighted by molar-refractivity contribution is 8.15. The number of nitro benzene ring substituents is 1. The molecule has 0 bridgehead atoms. The van der Waals surface area contributed by atoms with E-state index in [0.717, 1.165) is 31.2 Å². The van der Waals surface area contributed by atoms with E-state index in [1.165, 1.54) is 30.3 Å². The number of nitrogens with one attached hydrogen (secondary N) is 2. The van der Waals surface area contributed by atoms with Gasteiger partial charge in [0.2, 0.25) is 11.8 Å². The zero-order valence-corrected chi connectivity index (χ0v) is 15.9. The molecule has 2 aliphatic rings. The van der Waals surface area contributed by atoms with Gasteiger partial charge in [-0.3, -0.25) is 24.7 Å². The number of hydrogen-bond acceptors (Lipinski definition) is 6. The van der Waals surface area contributed by atoms with Crippen LogP contribution in [-0.4, -0.2) is 33.2 Å². The molecular weight excluding hydrogens is 368 g/mol. The highest BCUT2D eigenvalue weighted by atomic mass is 32.2. The Bertz CT molecular complexity index is 790. The number of nitrogens with zero attached hydrogens (tertiary/aromatic N) is 2. The van der Waals surface area contributed by atoms with Crippen molar-refractivity contribution in [2.45, 2.75) is 56.7 Å². The van der Waals surface area contributed by atoms with Gasteiger partial charge in [0.05, 0.1) is 11.0 Å². The van der Waals surface area contributed by atoms with E-state index in [0.29, 0.717) is 5.17 Å². The van der Waals surface area contributed by atoms with E-state index in [4.69, 9.17) is 0 Å². The molecule has 0 spiro atoms. The molecule has 3 rings (SSSR count). The number of amides is 2. The van der Waals surface area contributed by atoms with E-state index in [-0.39, 0.29) is 29.7 Å². The average Bonchev–Trinajstić information content (AvgIpc) is 2.96. The number of carbonyl (C=O) groups is 2. The number of amidine groups is 1. The van der Waals surface area contributed by atoms with Crippen molar-refractivity contribution in [1.82, 2.24) is 5.32 Å². The van der Waals surface area contributed by atoms with Gasteiger partial charge in [-0.1, -0.05) is 37.1 Å². The Hall–Kier alpha value is -2.42. The Labute approximate surface area is 161 Å². The number of anilines is 1. The Kier molecular flexibility index (Phi) is 6.10. The molecule has 1 aliphatic heterocycles. The van der Waals surface area contributed by atoms with Crippen molar-refractivity contribution >= 4 is 40.1 Å². The molecule has 144 valence electrons. The van der Waals surface area contributed by atoms with E-state index >= 15 is 0 Å². The topological polar surface area (TPSA) is 114 Å². The molecule has 2 amide bonds. The monoisotopic (exact) mass is 390 g/mol. The van der Waals surface area contributed by atoms with Crippen molar-refractivity contribution in [2.24, 2.45) is 4.99 Å². The van der Waals surface area contributed by atoms with Gasteiger partial charge in [0.1, 0.15) is 10.9 Å². The molecule has 0 unspecified atom stereocenters. The van der Waals surface area contributed by atoms with Crippen molar-refractivity contribution < 1.29 is 14.5 Å². The third kappa shape index (κ3) is 5.06. The fourth-order valence-corrected chi connectivity index (χ4v) is 4.28. The lowest BCUT2D eigenvalue weighted by Gasteiger charge is -2.17. The molecule has 8 nitrogen and oxygen atoms in total. The number of carbonyl (C=O) groups excluding carboxylic acids is 2. The van der Waals surface area contributed by atoms with E-state index in [1.54, 1.807) is 13.0 Å². The average molecular weight is 390 g/mol. The SMILES string of the molecule is Cc1ccc(NC(=O)C[C@@H]2SC(=NC3CCCCC3)NC2=O)c([N+](=O)[O-])c1. The minimum Gasteiger partial charge on any atom is -0.320 e. The van der Waals surface area contributed by atoms with Crippen molar-refractivity contribution in [3.63, 3.8) is 0 Å². The number of aryl methyl sites for hydroxylation is 1. The second-order valence-corrected chi connectivity index (χ2v) is 8.04. The molecular formula is C18H22N4O4S. The summed E-state index contributed by atoms with van der Waals surface area (Å²) in [4.78, 5) is 39.7. The molecule has 1 saturated heterocycles. The van der Waals surface area contributed by atoms with Crippen LogP contribution in [0.1, 0.15) is 44.1 Å². The second-order valence-electron chi connectivity index (χ2n) is 6.85. The zero-order valence-electron chi connectivity index (χ0n) is 15.1. The van der Waals surface area contributed by atoms with Crippen molar-refractivity contribution in [3.8, 4) is 0 Å². The normalized spacial score (nSPS) is 21.9. The first-order chi connectivity index (χ1) is 12.9. The Morgan fingerprint density at radius 2 is 2.11 bits per heavy atom. The molecule has 0 aromatic heterocycles. The highest BCUT2D eigenvalue weighted by Crippen LogP contribution is 2.28. The number of benzene rings is 1. The predicted molar refractivity (Wildman–Crippen MR) is 105 cm³/mol. The molecule has 1 atom stereocenters. The number of rotatable bonds is 5. The Morgan fingerprint density at radius 3 is 2.81 bits per heavy atom. The van der Waals surface area contributed by atoms with Crippen LogP contribution in [0.3, 0.4) is 0 Å². The fraction of sp³-hybridized carbons (Fsp3) is 0.500. The first kappa shape index (κ1) is 19.3. The van der Waals surface area contributed by atoms with Gasteiger partial charge in [0, 0.05) is 12.5 Å². The third-order valence-electron chi connectivity index (χ3n) is 4.65. The van der Waals surface area contributed by atoms with Crippen LogP contribution in [0.25, 0.3) is 0 Å². The summed E-state index contributed by atoms with van der Waals surface area (Å²) in [6.45, 7) is 1.74. The number of hydrogen-bond donors (Lipinski definition) is 2. The summed E-state index contributed by atoms with van der Waals surface area (Å²) >= 11 is 1.26. The number of nitro groups is 1. The van der Waals surface area contributed by atoms with Crippen LogP contribution in [0.4, 0.5) is 11.4 Å². The number of aliphatic imine (C=N–C) groups is 1. The van der Waals surface area contributed by atoms with Gasteiger partial charge in [0.15, 0.2) is 5.17 Å². The Balaban J connectivity index is 1.60. The lowest BCUT2D eigenvalue weighted by molar-refractivity contribution is -0.384. The van der Waals surface area contributed by atoms with Crippen LogP contribution in [0.2, 0.25) is 0 Å². The van der Waals surface area contributed by atoms with E-state index in [1.807, 2.05) is 0 Å². The molecule has 1 aromatic rings. The molecule has 2 N–H and O–H groups in total. The Morgan fingerprint density at radius 1 is 1.37 bits per heavy atom. The summed E-state index contributed by atoms with van der Waals surface area (Å²) in [7, 11) is 0. The van der Waals surface area contributed by atoms with Gasteiger partial charge in [-0.2, -0.15) is 0 Å². The maximum atomic E-state index is 12.3. The van der Waals surface area contributed by atoms with Crippen molar-refractivity contribution in [3.05, 3.63) is 33.9 Å². The molecule has 1 aromatic carbocycles. The quantitative estimate of drug-likeness (QED) is 0.592. The van der Waals surface area contributed by atoms with E-state index in [9.17, 15) is 19.7 Å². The minimum atomic E-state index is -0.572. The summed E-state index contributed by atoms with van der Waals surface area (Å²) in [5.74, 6) is -0.684.